The molecule has 20 heavy (non-hydrogen) atoms. The van der Waals surface area contributed by atoms with Gasteiger partial charge in [0.15, 0.2) is 0 Å². The summed E-state index contributed by atoms with van der Waals surface area (Å²) in [4.78, 5) is 4.52. The van der Waals surface area contributed by atoms with Gasteiger partial charge in [-0.2, -0.15) is 0 Å². The summed E-state index contributed by atoms with van der Waals surface area (Å²) in [6.45, 7) is 9.69. The van der Waals surface area contributed by atoms with E-state index in [1.165, 1.54) is 11.1 Å². The molecule has 3 heteroatoms. The molecule has 0 saturated heterocycles. The first-order valence-corrected chi connectivity index (χ1v) is 7.01. The van der Waals surface area contributed by atoms with Crippen molar-refractivity contribution in [1.29, 1.82) is 0 Å². The predicted octanol–water partition coefficient (Wildman–Crippen LogP) is 4.02. The normalized spacial score (nSPS) is 10.4. The maximum absolute atomic E-state index is 5.98. The number of anilines is 1. The van der Waals surface area contributed by atoms with E-state index in [2.05, 4.69) is 50.1 Å². The number of nitrogens with zero attached hydrogens (tertiary/aromatic N) is 1. The van der Waals surface area contributed by atoms with Gasteiger partial charge in [-0.25, -0.2) is 4.98 Å². The van der Waals surface area contributed by atoms with E-state index < -0.39 is 0 Å². The minimum absolute atomic E-state index is 0.490. The summed E-state index contributed by atoms with van der Waals surface area (Å²) in [7, 11) is 0. The fraction of sp³-hybridized carbons (Fsp3) is 0.353. The average Bonchev–Trinajstić information content (AvgIpc) is 2.44. The first-order chi connectivity index (χ1) is 9.61. The zero-order valence-corrected chi connectivity index (χ0v) is 12.7. The van der Waals surface area contributed by atoms with E-state index in [0.717, 1.165) is 29.4 Å². The summed E-state index contributed by atoms with van der Waals surface area (Å²) in [5.74, 6) is 1.87. The fourth-order valence-corrected chi connectivity index (χ4v) is 2.13. The van der Waals surface area contributed by atoms with Crippen LogP contribution in [-0.2, 0) is 6.61 Å². The summed E-state index contributed by atoms with van der Waals surface area (Å²) < 4.78 is 5.98. The average molecular weight is 270 g/mol. The van der Waals surface area contributed by atoms with Crippen molar-refractivity contribution in [1.82, 2.24) is 4.98 Å². The number of pyridine rings is 1. The molecule has 106 valence electrons. The molecule has 0 fully saturated rings. The van der Waals surface area contributed by atoms with E-state index in [4.69, 9.17) is 4.74 Å². The molecule has 0 aliphatic carbocycles. The molecular weight excluding hydrogens is 248 g/mol. The van der Waals surface area contributed by atoms with Crippen molar-refractivity contribution < 1.29 is 4.74 Å². The van der Waals surface area contributed by atoms with Gasteiger partial charge in [-0.15, -0.1) is 0 Å². The molecule has 0 radical (unpaired) electrons. The van der Waals surface area contributed by atoms with Crippen molar-refractivity contribution in [2.24, 2.45) is 0 Å². The number of rotatable bonds is 5. The second kappa shape index (κ2) is 6.42. The van der Waals surface area contributed by atoms with Gasteiger partial charge in [-0.1, -0.05) is 18.2 Å². The molecule has 0 saturated carbocycles. The van der Waals surface area contributed by atoms with Gasteiger partial charge in [0.2, 0.25) is 0 Å². The highest BCUT2D eigenvalue weighted by Crippen LogP contribution is 2.26. The fourth-order valence-electron chi connectivity index (χ4n) is 2.13. The number of nitrogens with one attached hydrogen (secondary N) is 1. The first-order valence-electron chi connectivity index (χ1n) is 7.01. The lowest BCUT2D eigenvalue weighted by Gasteiger charge is -2.14. The standard InChI is InChI=1S/C17H22N2O/c1-5-18-16-8-6-7-15(19-16)11-20-17-13(3)10-9-12(2)14(17)4/h6-10H,5,11H2,1-4H3,(H,18,19). The number of hydrogen-bond donors (Lipinski definition) is 1. The lowest BCUT2D eigenvalue weighted by molar-refractivity contribution is 0.297. The van der Waals surface area contributed by atoms with Crippen molar-refractivity contribution in [2.45, 2.75) is 34.3 Å². The van der Waals surface area contributed by atoms with Gasteiger partial charge >= 0.3 is 0 Å². The third kappa shape index (κ3) is 3.29. The minimum atomic E-state index is 0.490. The molecule has 0 bridgehead atoms. The van der Waals surface area contributed by atoms with Crippen LogP contribution < -0.4 is 10.1 Å². The molecule has 2 aromatic rings. The summed E-state index contributed by atoms with van der Waals surface area (Å²) in [6.07, 6.45) is 0. The second-order valence-corrected chi connectivity index (χ2v) is 4.99. The van der Waals surface area contributed by atoms with E-state index >= 15 is 0 Å². The first kappa shape index (κ1) is 14.4. The number of hydrogen-bond acceptors (Lipinski definition) is 3. The summed E-state index contributed by atoms with van der Waals surface area (Å²) >= 11 is 0. The third-order valence-electron chi connectivity index (χ3n) is 3.40. The Morgan fingerprint density at radius 2 is 1.80 bits per heavy atom. The Morgan fingerprint density at radius 1 is 1.05 bits per heavy atom. The molecule has 2 rings (SSSR count). The van der Waals surface area contributed by atoms with Gasteiger partial charge in [0.1, 0.15) is 18.2 Å². The molecule has 3 nitrogen and oxygen atoms in total. The Hall–Kier alpha value is -2.03. The molecule has 0 unspecified atom stereocenters. The Balaban J connectivity index is 2.13. The van der Waals surface area contributed by atoms with Gasteiger partial charge in [0.05, 0.1) is 5.69 Å². The largest absolute Gasteiger partial charge is 0.487 e. The molecule has 0 atom stereocenters. The van der Waals surface area contributed by atoms with E-state index in [0.29, 0.717) is 6.61 Å². The molecular formula is C17H22N2O. The van der Waals surface area contributed by atoms with E-state index in [1.807, 2.05) is 18.2 Å². The van der Waals surface area contributed by atoms with Crippen LogP contribution in [-0.4, -0.2) is 11.5 Å². The smallest absolute Gasteiger partial charge is 0.130 e. The summed E-state index contributed by atoms with van der Waals surface area (Å²) in [6, 6.07) is 10.2. The Labute approximate surface area is 121 Å². The number of aryl methyl sites for hydroxylation is 2. The molecule has 1 aromatic carbocycles. The van der Waals surface area contributed by atoms with Crippen LogP contribution in [0.4, 0.5) is 5.82 Å². The maximum atomic E-state index is 5.98. The molecule has 0 aliphatic rings. The summed E-state index contributed by atoms with van der Waals surface area (Å²) in [5.41, 5.74) is 4.55. The highest BCUT2D eigenvalue weighted by atomic mass is 16.5. The number of benzene rings is 1. The highest BCUT2D eigenvalue weighted by molar-refractivity contribution is 5.44. The van der Waals surface area contributed by atoms with Crippen molar-refractivity contribution >= 4 is 5.82 Å². The van der Waals surface area contributed by atoms with Crippen molar-refractivity contribution in [3.8, 4) is 5.75 Å². The maximum Gasteiger partial charge on any atom is 0.130 e. The number of ether oxygens (including phenoxy) is 1. The quantitative estimate of drug-likeness (QED) is 0.891. The van der Waals surface area contributed by atoms with Crippen molar-refractivity contribution in [3.05, 3.63) is 52.7 Å². The van der Waals surface area contributed by atoms with Gasteiger partial charge < -0.3 is 10.1 Å². The van der Waals surface area contributed by atoms with E-state index in [-0.39, 0.29) is 0 Å². The summed E-state index contributed by atoms with van der Waals surface area (Å²) in [5, 5.41) is 3.21. The topological polar surface area (TPSA) is 34.1 Å². The third-order valence-corrected chi connectivity index (χ3v) is 3.40. The Morgan fingerprint density at radius 3 is 2.55 bits per heavy atom. The monoisotopic (exact) mass is 270 g/mol. The van der Waals surface area contributed by atoms with Crippen LogP contribution in [0.25, 0.3) is 0 Å². The second-order valence-electron chi connectivity index (χ2n) is 4.99. The van der Waals surface area contributed by atoms with Crippen LogP contribution in [0.1, 0.15) is 29.3 Å². The molecule has 1 aromatic heterocycles. The van der Waals surface area contributed by atoms with Gasteiger partial charge in [0.25, 0.3) is 0 Å². The zero-order chi connectivity index (χ0) is 14.5. The van der Waals surface area contributed by atoms with Crippen LogP contribution in [0.2, 0.25) is 0 Å². The van der Waals surface area contributed by atoms with Crippen LogP contribution in [0, 0.1) is 20.8 Å². The van der Waals surface area contributed by atoms with Gasteiger partial charge in [0, 0.05) is 6.54 Å². The molecule has 1 N–H and O–H groups in total. The Kier molecular flexibility index (Phi) is 4.61. The van der Waals surface area contributed by atoms with Crippen molar-refractivity contribution in [2.75, 3.05) is 11.9 Å². The predicted molar refractivity (Wildman–Crippen MR) is 83.4 cm³/mol. The van der Waals surface area contributed by atoms with E-state index in [9.17, 15) is 0 Å². The van der Waals surface area contributed by atoms with Crippen LogP contribution in [0.5, 0.6) is 5.75 Å². The minimum Gasteiger partial charge on any atom is -0.487 e. The Bertz CT molecular complexity index is 594. The van der Waals surface area contributed by atoms with Crippen molar-refractivity contribution in [3.63, 3.8) is 0 Å². The zero-order valence-electron chi connectivity index (χ0n) is 12.7. The lowest BCUT2D eigenvalue weighted by Crippen LogP contribution is -2.05. The molecule has 0 aliphatic heterocycles. The number of aromatic nitrogens is 1. The molecule has 0 spiro atoms. The van der Waals surface area contributed by atoms with Crippen LogP contribution >= 0.6 is 0 Å². The molecule has 1 heterocycles. The molecule has 0 amide bonds. The van der Waals surface area contributed by atoms with Crippen LogP contribution in [0.15, 0.2) is 30.3 Å². The van der Waals surface area contributed by atoms with Crippen LogP contribution in [0.3, 0.4) is 0 Å². The van der Waals surface area contributed by atoms with E-state index in [1.54, 1.807) is 0 Å². The SMILES string of the molecule is CCNc1cccc(COc2c(C)ccc(C)c2C)n1. The highest BCUT2D eigenvalue weighted by Gasteiger charge is 2.07. The van der Waals surface area contributed by atoms with Gasteiger partial charge in [-0.05, 0) is 56.5 Å². The van der Waals surface area contributed by atoms with Gasteiger partial charge in [-0.3, -0.25) is 0 Å². The lowest BCUT2D eigenvalue weighted by atomic mass is 10.1.